The predicted octanol–water partition coefficient (Wildman–Crippen LogP) is 3.54. The quantitative estimate of drug-likeness (QED) is 0.765. The van der Waals surface area contributed by atoms with Crippen molar-refractivity contribution in [2.24, 2.45) is 0 Å². The molecule has 2 heterocycles. The van der Waals surface area contributed by atoms with Crippen LogP contribution in [0.5, 0.6) is 0 Å². The Hall–Kier alpha value is -2.89. The van der Waals surface area contributed by atoms with E-state index in [1.807, 2.05) is 42.6 Å². The Labute approximate surface area is 146 Å². The second-order valence-corrected chi connectivity index (χ2v) is 6.44. The maximum absolute atomic E-state index is 12.6. The highest BCUT2D eigenvalue weighted by Crippen LogP contribution is 2.19. The highest BCUT2D eigenvalue weighted by molar-refractivity contribution is 5.99. The number of rotatable bonds is 4. The Morgan fingerprint density at radius 3 is 2.68 bits per heavy atom. The fraction of sp³-hybridized carbons (Fsp3) is 0.316. The van der Waals surface area contributed by atoms with Gasteiger partial charge < -0.3 is 10.6 Å². The molecule has 4 rings (SSSR count). The average Bonchev–Trinajstić information content (AvgIpc) is 3.07. The number of benzene rings is 1. The summed E-state index contributed by atoms with van der Waals surface area (Å²) in [4.78, 5) is 17.2. The molecule has 1 aromatic carbocycles. The van der Waals surface area contributed by atoms with Crippen LogP contribution in [0.2, 0.25) is 0 Å². The summed E-state index contributed by atoms with van der Waals surface area (Å²) in [6, 6.07) is 11.9. The van der Waals surface area contributed by atoms with Gasteiger partial charge in [0.2, 0.25) is 0 Å². The molecule has 25 heavy (non-hydrogen) atoms. The summed E-state index contributed by atoms with van der Waals surface area (Å²) >= 11 is 0. The monoisotopic (exact) mass is 335 g/mol. The van der Waals surface area contributed by atoms with Crippen molar-refractivity contribution in [1.82, 2.24) is 19.9 Å². The number of aromatic nitrogens is 3. The lowest BCUT2D eigenvalue weighted by molar-refractivity contribution is 0.0929. The van der Waals surface area contributed by atoms with Gasteiger partial charge in [0, 0.05) is 17.9 Å². The third-order valence-electron chi connectivity index (χ3n) is 4.60. The highest BCUT2D eigenvalue weighted by Gasteiger charge is 2.20. The van der Waals surface area contributed by atoms with E-state index in [2.05, 4.69) is 20.7 Å². The summed E-state index contributed by atoms with van der Waals surface area (Å²) in [5, 5.41) is 10.6. The highest BCUT2D eigenvalue weighted by atomic mass is 16.1. The zero-order chi connectivity index (χ0) is 17.1. The minimum absolute atomic E-state index is 0.0914. The lowest BCUT2D eigenvalue weighted by Gasteiger charge is -2.22. The Kier molecular flexibility index (Phi) is 4.33. The first kappa shape index (κ1) is 15.6. The normalized spacial score (nSPS) is 15.2. The Bertz CT molecular complexity index is 868. The first-order valence-corrected chi connectivity index (χ1v) is 8.77. The van der Waals surface area contributed by atoms with E-state index in [0.29, 0.717) is 17.0 Å². The van der Waals surface area contributed by atoms with Crippen LogP contribution < -0.4 is 10.6 Å². The van der Waals surface area contributed by atoms with Gasteiger partial charge >= 0.3 is 0 Å². The van der Waals surface area contributed by atoms with Crippen LogP contribution >= 0.6 is 0 Å². The van der Waals surface area contributed by atoms with Crippen LogP contribution in [0.4, 0.5) is 11.5 Å². The van der Waals surface area contributed by atoms with E-state index in [0.717, 1.165) is 18.5 Å². The van der Waals surface area contributed by atoms with Gasteiger partial charge in [0.1, 0.15) is 11.4 Å². The van der Waals surface area contributed by atoms with Gasteiger partial charge in [-0.3, -0.25) is 4.79 Å². The summed E-state index contributed by atoms with van der Waals surface area (Å²) in [5.74, 6) is 0.595. The SMILES string of the molecule is O=C(NC1CCCCC1)c1cnn2ccc(Nc3ccccc3)nc12. The molecule has 1 fully saturated rings. The van der Waals surface area contributed by atoms with Crippen molar-refractivity contribution in [1.29, 1.82) is 0 Å². The second kappa shape index (κ2) is 6.93. The van der Waals surface area contributed by atoms with Crippen LogP contribution in [0.25, 0.3) is 5.65 Å². The lowest BCUT2D eigenvalue weighted by atomic mass is 9.95. The molecule has 0 saturated heterocycles. The van der Waals surface area contributed by atoms with Gasteiger partial charge in [-0.2, -0.15) is 5.10 Å². The number of carbonyl (C=O) groups excluding carboxylic acids is 1. The molecule has 1 aliphatic carbocycles. The van der Waals surface area contributed by atoms with E-state index >= 15 is 0 Å². The number of nitrogens with zero attached hydrogens (tertiary/aromatic N) is 3. The van der Waals surface area contributed by atoms with Crippen LogP contribution in [0.1, 0.15) is 42.5 Å². The Morgan fingerprint density at radius 1 is 1.08 bits per heavy atom. The van der Waals surface area contributed by atoms with E-state index in [1.165, 1.54) is 19.3 Å². The Balaban J connectivity index is 1.56. The lowest BCUT2D eigenvalue weighted by Crippen LogP contribution is -2.36. The van der Waals surface area contributed by atoms with E-state index in [4.69, 9.17) is 0 Å². The van der Waals surface area contributed by atoms with Crippen molar-refractivity contribution in [3.8, 4) is 0 Å². The summed E-state index contributed by atoms with van der Waals surface area (Å²) in [5.41, 5.74) is 2.03. The number of nitrogens with one attached hydrogen (secondary N) is 2. The van der Waals surface area contributed by atoms with Gasteiger partial charge in [-0.25, -0.2) is 9.50 Å². The minimum atomic E-state index is -0.0914. The third kappa shape index (κ3) is 3.47. The molecule has 6 nitrogen and oxygen atoms in total. The van der Waals surface area contributed by atoms with Gasteiger partial charge in [-0.1, -0.05) is 37.5 Å². The second-order valence-electron chi connectivity index (χ2n) is 6.44. The van der Waals surface area contributed by atoms with Crippen LogP contribution in [-0.4, -0.2) is 26.5 Å². The Morgan fingerprint density at radius 2 is 1.88 bits per heavy atom. The molecule has 0 unspecified atom stereocenters. The van der Waals surface area contributed by atoms with Gasteiger partial charge in [0.25, 0.3) is 5.91 Å². The molecule has 2 N–H and O–H groups in total. The van der Waals surface area contributed by atoms with Crippen LogP contribution in [0.15, 0.2) is 48.8 Å². The first-order chi connectivity index (χ1) is 12.3. The zero-order valence-corrected chi connectivity index (χ0v) is 14.0. The van der Waals surface area contributed by atoms with E-state index in [9.17, 15) is 4.79 Å². The number of hydrogen-bond donors (Lipinski definition) is 2. The molecule has 0 aliphatic heterocycles. The molecular weight excluding hydrogens is 314 g/mol. The number of amides is 1. The van der Waals surface area contributed by atoms with Crippen molar-refractivity contribution in [3.05, 3.63) is 54.4 Å². The third-order valence-corrected chi connectivity index (χ3v) is 4.60. The van der Waals surface area contributed by atoms with E-state index < -0.39 is 0 Å². The maximum atomic E-state index is 12.6. The van der Waals surface area contributed by atoms with Gasteiger partial charge in [-0.15, -0.1) is 0 Å². The molecule has 1 amide bonds. The van der Waals surface area contributed by atoms with Crippen molar-refractivity contribution < 1.29 is 4.79 Å². The number of fused-ring (bicyclic) bond motifs is 1. The van der Waals surface area contributed by atoms with Crippen molar-refractivity contribution in [2.45, 2.75) is 38.1 Å². The molecule has 1 saturated carbocycles. The predicted molar refractivity (Wildman–Crippen MR) is 97.1 cm³/mol. The van der Waals surface area contributed by atoms with Crippen LogP contribution in [0, 0.1) is 0 Å². The number of carbonyl (C=O) groups is 1. The molecule has 6 heteroatoms. The number of hydrogen-bond acceptors (Lipinski definition) is 4. The first-order valence-electron chi connectivity index (χ1n) is 8.77. The van der Waals surface area contributed by atoms with Crippen molar-refractivity contribution in [2.75, 3.05) is 5.32 Å². The average molecular weight is 335 g/mol. The smallest absolute Gasteiger partial charge is 0.256 e. The van der Waals surface area contributed by atoms with E-state index in [1.54, 1.807) is 10.7 Å². The molecule has 0 radical (unpaired) electrons. The van der Waals surface area contributed by atoms with Crippen LogP contribution in [0.3, 0.4) is 0 Å². The molecule has 0 bridgehead atoms. The van der Waals surface area contributed by atoms with Gasteiger partial charge in [0.05, 0.1) is 6.20 Å². The van der Waals surface area contributed by atoms with Gasteiger partial charge in [0.15, 0.2) is 5.65 Å². The number of para-hydroxylation sites is 1. The fourth-order valence-corrected chi connectivity index (χ4v) is 3.28. The summed E-state index contributed by atoms with van der Waals surface area (Å²) < 4.78 is 1.63. The van der Waals surface area contributed by atoms with Gasteiger partial charge in [-0.05, 0) is 31.0 Å². The largest absolute Gasteiger partial charge is 0.349 e. The fourth-order valence-electron chi connectivity index (χ4n) is 3.28. The standard InChI is InChI=1S/C19H21N5O/c25-19(22-15-9-5-2-6-10-15)16-13-20-24-12-11-17(23-18(16)24)21-14-7-3-1-4-8-14/h1,3-4,7-8,11-13,15H,2,5-6,9-10H2,(H,21,23)(H,22,25). The molecule has 0 atom stereocenters. The zero-order valence-electron chi connectivity index (χ0n) is 14.0. The molecule has 3 aromatic rings. The minimum Gasteiger partial charge on any atom is -0.349 e. The molecule has 0 spiro atoms. The molecule has 128 valence electrons. The maximum Gasteiger partial charge on any atom is 0.256 e. The van der Waals surface area contributed by atoms with Crippen LogP contribution in [-0.2, 0) is 0 Å². The molecule has 2 aromatic heterocycles. The molecule has 1 aliphatic rings. The summed E-state index contributed by atoms with van der Waals surface area (Å²) in [7, 11) is 0. The van der Waals surface area contributed by atoms with Crippen molar-refractivity contribution >= 4 is 23.1 Å². The summed E-state index contributed by atoms with van der Waals surface area (Å²) in [6.07, 6.45) is 9.14. The topological polar surface area (TPSA) is 71.3 Å². The molecular formula is C19H21N5O. The van der Waals surface area contributed by atoms with Crippen molar-refractivity contribution in [3.63, 3.8) is 0 Å². The number of anilines is 2. The van der Waals surface area contributed by atoms with E-state index in [-0.39, 0.29) is 11.9 Å². The summed E-state index contributed by atoms with van der Waals surface area (Å²) in [6.45, 7) is 0.